The molecule has 6 nitrogen and oxygen atoms in total. The predicted octanol–water partition coefficient (Wildman–Crippen LogP) is 5.67. The van der Waals surface area contributed by atoms with E-state index < -0.39 is 6.61 Å². The van der Waals surface area contributed by atoms with Crippen molar-refractivity contribution in [2.45, 2.75) is 27.4 Å². The third-order valence-electron chi connectivity index (χ3n) is 5.18. The van der Waals surface area contributed by atoms with E-state index in [0.29, 0.717) is 16.9 Å². The molecule has 0 aromatic heterocycles. The van der Waals surface area contributed by atoms with Crippen LogP contribution in [0.4, 0.5) is 25.8 Å². The van der Waals surface area contributed by atoms with Crippen molar-refractivity contribution in [3.05, 3.63) is 82.9 Å². The van der Waals surface area contributed by atoms with Gasteiger partial charge in [-0.2, -0.15) is 8.78 Å². The SMILES string of the molecule is Cc1cc(C)c(NC(=O)CN(C)C(=O)c2ccccc2Nc2ccc(OC(F)F)cc2)c(C)c1. The van der Waals surface area contributed by atoms with Gasteiger partial charge in [-0.05, 0) is 68.3 Å². The molecule has 0 atom stereocenters. The van der Waals surface area contributed by atoms with Crippen LogP contribution in [0.25, 0.3) is 0 Å². The summed E-state index contributed by atoms with van der Waals surface area (Å²) in [4.78, 5) is 27.1. The summed E-state index contributed by atoms with van der Waals surface area (Å²) in [5.41, 5.74) is 5.26. The molecule has 3 aromatic rings. The minimum atomic E-state index is -2.90. The molecule has 0 aliphatic carbocycles. The van der Waals surface area contributed by atoms with Crippen molar-refractivity contribution in [3.63, 3.8) is 0 Å². The van der Waals surface area contributed by atoms with Gasteiger partial charge in [0.05, 0.1) is 17.8 Å². The first kappa shape index (κ1) is 24.7. The summed E-state index contributed by atoms with van der Waals surface area (Å²) in [5, 5.41) is 6.01. The van der Waals surface area contributed by atoms with Gasteiger partial charge in [-0.1, -0.05) is 29.8 Å². The summed E-state index contributed by atoms with van der Waals surface area (Å²) in [6.07, 6.45) is 0. The first-order valence-corrected chi connectivity index (χ1v) is 10.7. The molecule has 0 bridgehead atoms. The van der Waals surface area contributed by atoms with Crippen LogP contribution in [-0.2, 0) is 4.79 Å². The number of hydrogen-bond donors (Lipinski definition) is 2. The predicted molar refractivity (Wildman–Crippen MR) is 129 cm³/mol. The Morgan fingerprint density at radius 1 is 0.971 bits per heavy atom. The van der Waals surface area contributed by atoms with Crippen molar-refractivity contribution in [3.8, 4) is 5.75 Å². The van der Waals surface area contributed by atoms with E-state index in [0.717, 1.165) is 22.4 Å². The number of carbonyl (C=O) groups excluding carboxylic acids is 2. The van der Waals surface area contributed by atoms with Gasteiger partial charge in [0, 0.05) is 18.4 Å². The van der Waals surface area contributed by atoms with Crippen molar-refractivity contribution in [1.29, 1.82) is 0 Å². The van der Waals surface area contributed by atoms with Gasteiger partial charge < -0.3 is 20.3 Å². The third kappa shape index (κ3) is 6.31. The van der Waals surface area contributed by atoms with E-state index >= 15 is 0 Å². The van der Waals surface area contributed by atoms with Gasteiger partial charge >= 0.3 is 6.61 Å². The molecule has 0 unspecified atom stereocenters. The van der Waals surface area contributed by atoms with Crippen LogP contribution >= 0.6 is 0 Å². The highest BCUT2D eigenvalue weighted by Gasteiger charge is 2.19. The number of nitrogens with one attached hydrogen (secondary N) is 2. The quantitative estimate of drug-likeness (QED) is 0.448. The zero-order valence-corrected chi connectivity index (χ0v) is 19.5. The van der Waals surface area contributed by atoms with Crippen molar-refractivity contribution in [1.82, 2.24) is 4.90 Å². The lowest BCUT2D eigenvalue weighted by Crippen LogP contribution is -2.35. The number of likely N-dealkylation sites (N-methyl/N-ethyl adjacent to an activating group) is 1. The van der Waals surface area contributed by atoms with E-state index in [2.05, 4.69) is 15.4 Å². The second kappa shape index (κ2) is 10.8. The largest absolute Gasteiger partial charge is 0.435 e. The number of ether oxygens (including phenoxy) is 1. The van der Waals surface area contributed by atoms with Gasteiger partial charge in [0.1, 0.15) is 5.75 Å². The molecule has 0 saturated carbocycles. The number of halogens is 2. The molecule has 2 amide bonds. The fourth-order valence-corrected chi connectivity index (χ4v) is 3.70. The van der Waals surface area contributed by atoms with Crippen molar-refractivity contribution in [2.24, 2.45) is 0 Å². The maximum absolute atomic E-state index is 13.1. The number of benzene rings is 3. The van der Waals surface area contributed by atoms with Gasteiger partial charge in [0.2, 0.25) is 5.91 Å². The monoisotopic (exact) mass is 467 g/mol. The normalized spacial score (nSPS) is 10.7. The zero-order valence-electron chi connectivity index (χ0n) is 19.5. The first-order chi connectivity index (χ1) is 16.1. The van der Waals surface area contributed by atoms with Crippen molar-refractivity contribution >= 4 is 28.9 Å². The molecule has 0 heterocycles. The number of rotatable bonds is 8. The average Bonchev–Trinajstić information content (AvgIpc) is 2.77. The lowest BCUT2D eigenvalue weighted by molar-refractivity contribution is -0.116. The van der Waals surface area contributed by atoms with Crippen LogP contribution in [-0.4, -0.2) is 36.9 Å². The van der Waals surface area contributed by atoms with E-state index in [4.69, 9.17) is 0 Å². The second-order valence-electron chi connectivity index (χ2n) is 8.06. The van der Waals surface area contributed by atoms with E-state index in [-0.39, 0.29) is 24.1 Å². The van der Waals surface area contributed by atoms with Crippen LogP contribution in [0.1, 0.15) is 27.0 Å². The molecule has 8 heteroatoms. The fourth-order valence-electron chi connectivity index (χ4n) is 3.70. The molecule has 0 fully saturated rings. The number of hydrogen-bond acceptors (Lipinski definition) is 4. The molecular formula is C26H27F2N3O3. The average molecular weight is 468 g/mol. The molecule has 2 N–H and O–H groups in total. The van der Waals surface area contributed by atoms with Gasteiger partial charge in [0.15, 0.2) is 0 Å². The zero-order chi connectivity index (χ0) is 24.8. The first-order valence-electron chi connectivity index (χ1n) is 10.7. The number of nitrogens with zero attached hydrogens (tertiary/aromatic N) is 1. The van der Waals surface area contributed by atoms with Crippen LogP contribution in [0.3, 0.4) is 0 Å². The summed E-state index contributed by atoms with van der Waals surface area (Å²) in [6.45, 7) is 2.83. The molecule has 0 aliphatic rings. The van der Waals surface area contributed by atoms with E-state index in [1.807, 2.05) is 32.9 Å². The van der Waals surface area contributed by atoms with Crippen molar-refractivity contribution in [2.75, 3.05) is 24.2 Å². The molecule has 3 aromatic carbocycles. The van der Waals surface area contributed by atoms with Crippen LogP contribution in [0.2, 0.25) is 0 Å². The van der Waals surface area contributed by atoms with E-state index in [9.17, 15) is 18.4 Å². The molecule has 0 saturated heterocycles. The maximum Gasteiger partial charge on any atom is 0.387 e. The summed E-state index contributed by atoms with van der Waals surface area (Å²) in [5.74, 6) is -0.603. The summed E-state index contributed by atoms with van der Waals surface area (Å²) in [6, 6.07) is 16.8. The molecule has 34 heavy (non-hydrogen) atoms. The Kier molecular flexibility index (Phi) is 7.83. The number of para-hydroxylation sites is 1. The Bertz CT molecular complexity index is 1160. The lowest BCUT2D eigenvalue weighted by atomic mass is 10.1. The Labute approximate surface area is 197 Å². The van der Waals surface area contributed by atoms with E-state index in [1.54, 1.807) is 43.4 Å². The highest BCUT2D eigenvalue weighted by molar-refractivity contribution is 6.03. The summed E-state index contributed by atoms with van der Waals surface area (Å²) >= 11 is 0. The van der Waals surface area contributed by atoms with Crippen LogP contribution in [0.5, 0.6) is 5.75 Å². The fraction of sp³-hybridized carbons (Fsp3) is 0.231. The summed E-state index contributed by atoms with van der Waals surface area (Å²) < 4.78 is 29.0. The van der Waals surface area contributed by atoms with Gasteiger partial charge in [0.25, 0.3) is 5.91 Å². The van der Waals surface area contributed by atoms with Crippen LogP contribution in [0.15, 0.2) is 60.7 Å². The minimum absolute atomic E-state index is 0.0368. The minimum Gasteiger partial charge on any atom is -0.435 e. The van der Waals surface area contributed by atoms with E-state index in [1.165, 1.54) is 17.0 Å². The highest BCUT2D eigenvalue weighted by atomic mass is 19.3. The van der Waals surface area contributed by atoms with Crippen molar-refractivity contribution < 1.29 is 23.1 Å². The lowest BCUT2D eigenvalue weighted by Gasteiger charge is -2.20. The molecular weight excluding hydrogens is 440 g/mol. The van der Waals surface area contributed by atoms with Crippen LogP contribution < -0.4 is 15.4 Å². The maximum atomic E-state index is 13.1. The number of amides is 2. The van der Waals surface area contributed by atoms with Gasteiger partial charge in [-0.25, -0.2) is 0 Å². The third-order valence-corrected chi connectivity index (χ3v) is 5.18. The number of aryl methyl sites for hydroxylation is 3. The number of alkyl halides is 2. The second-order valence-corrected chi connectivity index (χ2v) is 8.06. The number of anilines is 3. The summed E-state index contributed by atoms with van der Waals surface area (Å²) in [7, 11) is 1.56. The Morgan fingerprint density at radius 3 is 2.21 bits per heavy atom. The Hall–Kier alpha value is -3.94. The molecule has 0 radical (unpaired) electrons. The molecule has 0 aliphatic heterocycles. The van der Waals surface area contributed by atoms with Crippen LogP contribution in [0, 0.1) is 20.8 Å². The number of carbonyl (C=O) groups is 2. The topological polar surface area (TPSA) is 70.7 Å². The molecule has 178 valence electrons. The molecule has 0 spiro atoms. The molecule has 3 rings (SSSR count). The smallest absolute Gasteiger partial charge is 0.387 e. The Balaban J connectivity index is 1.69. The standard InChI is InChI=1S/C26H27F2N3O3/c1-16-13-17(2)24(18(3)14-16)30-23(32)15-31(4)25(33)21-7-5-6-8-22(21)29-19-9-11-20(12-10-19)34-26(27)28/h5-14,26,29H,15H2,1-4H3,(H,30,32). The Morgan fingerprint density at radius 2 is 1.59 bits per heavy atom. The van der Waals surface area contributed by atoms with Gasteiger partial charge in [-0.3, -0.25) is 9.59 Å². The highest BCUT2D eigenvalue weighted by Crippen LogP contribution is 2.25. The van der Waals surface area contributed by atoms with Gasteiger partial charge in [-0.15, -0.1) is 0 Å².